The van der Waals surface area contributed by atoms with Crippen molar-refractivity contribution in [3.05, 3.63) is 35.4 Å². The molecule has 20 heavy (non-hydrogen) atoms. The molecule has 0 saturated heterocycles. The molecule has 4 nitrogen and oxygen atoms in total. The van der Waals surface area contributed by atoms with Crippen LogP contribution in [-0.2, 0) is 16.4 Å². The summed E-state index contributed by atoms with van der Waals surface area (Å²) in [5.41, 5.74) is 2.55. The van der Waals surface area contributed by atoms with Gasteiger partial charge < -0.3 is 5.32 Å². The zero-order chi connectivity index (χ0) is 15.0. The molecule has 5 heteroatoms. The van der Waals surface area contributed by atoms with E-state index in [1.54, 1.807) is 0 Å². The minimum Gasteiger partial charge on any atom is -0.309 e. The van der Waals surface area contributed by atoms with Gasteiger partial charge in [0, 0.05) is 12.6 Å². The lowest BCUT2D eigenvalue weighted by molar-refractivity contribution is 0.567. The van der Waals surface area contributed by atoms with Crippen molar-refractivity contribution in [3.8, 4) is 0 Å². The Hall–Kier alpha value is -0.910. The Morgan fingerprint density at radius 2 is 1.85 bits per heavy atom. The molecule has 1 unspecified atom stereocenters. The van der Waals surface area contributed by atoms with Gasteiger partial charge >= 0.3 is 0 Å². The Morgan fingerprint density at radius 1 is 1.20 bits per heavy atom. The number of unbranched alkanes of at least 4 members (excludes halogenated alkanes) is 1. The fourth-order valence-electron chi connectivity index (χ4n) is 1.98. The fraction of sp³-hybridized carbons (Fsp3) is 0.600. The van der Waals surface area contributed by atoms with E-state index >= 15 is 0 Å². The summed E-state index contributed by atoms with van der Waals surface area (Å²) in [7, 11) is -1.69. The van der Waals surface area contributed by atoms with E-state index in [2.05, 4.69) is 41.2 Å². The van der Waals surface area contributed by atoms with E-state index in [0.29, 0.717) is 6.54 Å². The van der Waals surface area contributed by atoms with Gasteiger partial charge in [0.25, 0.3) is 0 Å². The predicted octanol–water partition coefficient (Wildman–Crippen LogP) is 2.23. The van der Waals surface area contributed by atoms with E-state index in [1.807, 2.05) is 6.92 Å². The highest BCUT2D eigenvalue weighted by molar-refractivity contribution is 7.89. The minimum absolute atomic E-state index is 0.0996. The van der Waals surface area contributed by atoms with Crippen LogP contribution in [0.5, 0.6) is 0 Å². The van der Waals surface area contributed by atoms with Crippen molar-refractivity contribution in [1.29, 1.82) is 0 Å². The van der Waals surface area contributed by atoms with Gasteiger partial charge in [-0.2, -0.15) is 0 Å². The van der Waals surface area contributed by atoms with E-state index in [9.17, 15) is 8.42 Å². The van der Waals surface area contributed by atoms with Gasteiger partial charge in [-0.15, -0.1) is 0 Å². The van der Waals surface area contributed by atoms with Gasteiger partial charge in [0.2, 0.25) is 10.0 Å². The normalized spacial score (nSPS) is 13.3. The molecule has 1 aromatic rings. The quantitative estimate of drug-likeness (QED) is 0.735. The molecule has 2 N–H and O–H groups in total. The maximum Gasteiger partial charge on any atom is 0.212 e. The largest absolute Gasteiger partial charge is 0.309 e. The molecule has 0 radical (unpaired) electrons. The first-order valence-electron chi connectivity index (χ1n) is 7.22. The van der Waals surface area contributed by atoms with Gasteiger partial charge in [0.1, 0.15) is 0 Å². The molecule has 114 valence electrons. The van der Waals surface area contributed by atoms with Crippen molar-refractivity contribution in [2.75, 3.05) is 19.3 Å². The monoisotopic (exact) mass is 298 g/mol. The standard InChI is InChI=1S/C15H26N2O2S/c1-4-5-6-14-7-9-15(10-8-14)13(2)17-11-12-20(18,19)16-3/h7-10,13,16-17H,4-6,11-12H2,1-3H3. The summed E-state index contributed by atoms with van der Waals surface area (Å²) in [6.07, 6.45) is 3.55. The van der Waals surface area contributed by atoms with Crippen LogP contribution in [0.15, 0.2) is 24.3 Å². The molecule has 0 aliphatic carbocycles. The molecule has 0 spiro atoms. The maximum absolute atomic E-state index is 11.3. The molecule has 1 rings (SSSR count). The Morgan fingerprint density at radius 3 is 2.40 bits per heavy atom. The zero-order valence-electron chi connectivity index (χ0n) is 12.6. The van der Waals surface area contributed by atoms with Crippen LogP contribution in [0.2, 0.25) is 0 Å². The Bertz CT molecular complexity index is 483. The maximum atomic E-state index is 11.3. The summed E-state index contributed by atoms with van der Waals surface area (Å²) in [6, 6.07) is 8.72. The van der Waals surface area contributed by atoms with Crippen molar-refractivity contribution in [3.63, 3.8) is 0 Å². The van der Waals surface area contributed by atoms with E-state index in [0.717, 1.165) is 6.42 Å². The lowest BCUT2D eigenvalue weighted by atomic mass is 10.0. The van der Waals surface area contributed by atoms with E-state index in [1.165, 1.54) is 31.0 Å². The van der Waals surface area contributed by atoms with Gasteiger partial charge in [0.15, 0.2) is 0 Å². The predicted molar refractivity (Wildman–Crippen MR) is 84.3 cm³/mol. The zero-order valence-corrected chi connectivity index (χ0v) is 13.5. The third kappa shape index (κ3) is 6.03. The molecule has 0 aliphatic heterocycles. The highest BCUT2D eigenvalue weighted by Gasteiger charge is 2.09. The van der Waals surface area contributed by atoms with Crippen LogP contribution in [0.25, 0.3) is 0 Å². The smallest absolute Gasteiger partial charge is 0.212 e. The second-order valence-electron chi connectivity index (χ2n) is 5.04. The van der Waals surface area contributed by atoms with Crippen molar-refractivity contribution >= 4 is 10.0 Å². The van der Waals surface area contributed by atoms with Gasteiger partial charge in [0.05, 0.1) is 5.75 Å². The summed E-state index contributed by atoms with van der Waals surface area (Å²) >= 11 is 0. The average Bonchev–Trinajstić information content (AvgIpc) is 2.45. The summed E-state index contributed by atoms with van der Waals surface area (Å²) in [6.45, 7) is 4.69. The molecule has 0 amide bonds. The minimum atomic E-state index is -3.13. The number of nitrogens with one attached hydrogen (secondary N) is 2. The molecule has 0 fully saturated rings. The van der Waals surface area contributed by atoms with Crippen LogP contribution in [0, 0.1) is 0 Å². The van der Waals surface area contributed by atoms with Gasteiger partial charge in [-0.25, -0.2) is 13.1 Å². The third-order valence-electron chi connectivity index (χ3n) is 3.43. The van der Waals surface area contributed by atoms with Crippen molar-refractivity contribution in [1.82, 2.24) is 10.0 Å². The van der Waals surface area contributed by atoms with Crippen LogP contribution < -0.4 is 10.0 Å². The molecular formula is C15H26N2O2S. The molecule has 0 saturated carbocycles. The molecule has 0 aromatic heterocycles. The van der Waals surface area contributed by atoms with E-state index in [-0.39, 0.29) is 11.8 Å². The number of hydrogen-bond donors (Lipinski definition) is 2. The number of aryl methyl sites for hydroxylation is 1. The Labute approximate surface area is 123 Å². The van der Waals surface area contributed by atoms with Gasteiger partial charge in [-0.3, -0.25) is 0 Å². The van der Waals surface area contributed by atoms with Crippen molar-refractivity contribution in [2.45, 2.75) is 39.2 Å². The summed E-state index contributed by atoms with van der Waals surface area (Å²) in [4.78, 5) is 0. The topological polar surface area (TPSA) is 58.2 Å². The second kappa shape index (κ2) is 8.39. The lowest BCUT2D eigenvalue weighted by Crippen LogP contribution is -2.30. The lowest BCUT2D eigenvalue weighted by Gasteiger charge is -2.14. The number of hydrogen-bond acceptors (Lipinski definition) is 3. The number of rotatable bonds is 9. The highest BCUT2D eigenvalue weighted by Crippen LogP contribution is 2.14. The first kappa shape index (κ1) is 17.1. The molecule has 0 aliphatic rings. The molecule has 1 atom stereocenters. The first-order valence-corrected chi connectivity index (χ1v) is 8.87. The van der Waals surface area contributed by atoms with E-state index in [4.69, 9.17) is 0 Å². The summed E-state index contributed by atoms with van der Waals surface area (Å²) < 4.78 is 24.9. The third-order valence-corrected chi connectivity index (χ3v) is 4.79. The molecule has 1 aromatic carbocycles. The average molecular weight is 298 g/mol. The van der Waals surface area contributed by atoms with Crippen LogP contribution in [-0.4, -0.2) is 27.8 Å². The SMILES string of the molecule is CCCCc1ccc(C(C)NCCS(=O)(=O)NC)cc1. The van der Waals surface area contributed by atoms with Crippen LogP contribution in [0.1, 0.15) is 43.9 Å². The van der Waals surface area contributed by atoms with E-state index < -0.39 is 10.0 Å². The summed E-state index contributed by atoms with van der Waals surface area (Å²) in [5.74, 6) is 0.0996. The fourth-order valence-corrected chi connectivity index (χ4v) is 2.57. The van der Waals surface area contributed by atoms with Gasteiger partial charge in [-0.05, 0) is 37.9 Å². The Kier molecular flexibility index (Phi) is 7.19. The Balaban J connectivity index is 2.45. The van der Waals surface area contributed by atoms with Crippen LogP contribution in [0.4, 0.5) is 0 Å². The van der Waals surface area contributed by atoms with Crippen LogP contribution >= 0.6 is 0 Å². The highest BCUT2D eigenvalue weighted by atomic mass is 32.2. The number of sulfonamides is 1. The van der Waals surface area contributed by atoms with Crippen molar-refractivity contribution in [2.24, 2.45) is 0 Å². The second-order valence-corrected chi connectivity index (χ2v) is 7.09. The first-order chi connectivity index (χ1) is 9.48. The van der Waals surface area contributed by atoms with Gasteiger partial charge in [-0.1, -0.05) is 37.6 Å². The molecular weight excluding hydrogens is 272 g/mol. The molecule has 0 heterocycles. The van der Waals surface area contributed by atoms with Crippen LogP contribution in [0.3, 0.4) is 0 Å². The van der Waals surface area contributed by atoms with Crippen molar-refractivity contribution < 1.29 is 8.42 Å². The number of benzene rings is 1. The summed E-state index contributed by atoms with van der Waals surface area (Å²) in [5, 5.41) is 3.23. The molecule has 0 bridgehead atoms.